The van der Waals surface area contributed by atoms with Gasteiger partial charge in [0.2, 0.25) is 5.69 Å². The molecule has 0 aliphatic heterocycles. The summed E-state index contributed by atoms with van der Waals surface area (Å²) in [6.45, 7) is 8.29. The summed E-state index contributed by atoms with van der Waals surface area (Å²) in [5, 5.41) is 0.453. The Balaban J connectivity index is 2.56. The van der Waals surface area contributed by atoms with Crippen LogP contribution in [0.1, 0.15) is 40.0 Å². The summed E-state index contributed by atoms with van der Waals surface area (Å²) < 4.78 is 6.53. The van der Waals surface area contributed by atoms with Gasteiger partial charge in [-0.2, -0.15) is 0 Å². The highest BCUT2D eigenvalue weighted by atomic mass is 32.9. The second-order valence-corrected chi connectivity index (χ2v) is 14.1. The van der Waals surface area contributed by atoms with Gasteiger partial charge in [0.05, 0.1) is 21.1 Å². The van der Waals surface area contributed by atoms with Crippen LogP contribution < -0.4 is 0 Å². The molecule has 4 unspecified atom stereocenters. The molecule has 0 aromatic rings. The maximum atomic E-state index is 10.5. The molecule has 1 aliphatic rings. The Kier molecular flexibility index (Phi) is 7.70. The van der Waals surface area contributed by atoms with Gasteiger partial charge in [-0.05, 0) is 42.4 Å². The van der Waals surface area contributed by atoms with Crippen LogP contribution in [0.25, 0.3) is 0 Å². The van der Waals surface area contributed by atoms with Gasteiger partial charge in [-0.25, -0.2) is 0 Å². The van der Waals surface area contributed by atoms with E-state index in [1.54, 1.807) is 11.4 Å². The van der Waals surface area contributed by atoms with E-state index >= 15 is 0 Å². The summed E-state index contributed by atoms with van der Waals surface area (Å²) in [5.74, 6) is 2.04. The maximum Gasteiger partial charge on any atom is 0.245 e. The number of hydrogen-bond acceptors (Lipinski definition) is 3. The molecule has 0 aromatic carbocycles. The van der Waals surface area contributed by atoms with Crippen LogP contribution in [0.2, 0.25) is 0 Å². The molecule has 0 radical (unpaired) electrons. The standard InChI is InChI=1S/C15H32NO2PS2/c1-12(2)14-8-7-13(3)11-15(14)21-19(17,20)18-10-9-16(4,5)6/h12-15H,7-11H2,1-6H3/p+1. The topological polar surface area (TPSA) is 29.5 Å². The Morgan fingerprint density at radius 2 is 1.95 bits per heavy atom. The third kappa shape index (κ3) is 7.81. The highest BCUT2D eigenvalue weighted by Gasteiger charge is 2.35. The minimum atomic E-state index is -2.71. The molecule has 0 aromatic heterocycles. The lowest BCUT2D eigenvalue weighted by Gasteiger charge is -2.38. The van der Waals surface area contributed by atoms with E-state index in [-0.39, 0.29) is 0 Å². The maximum absolute atomic E-state index is 10.5. The fourth-order valence-electron chi connectivity index (χ4n) is 2.87. The van der Waals surface area contributed by atoms with Crippen molar-refractivity contribution in [2.45, 2.75) is 45.3 Å². The smallest absolute Gasteiger partial charge is 0.245 e. The lowest BCUT2D eigenvalue weighted by atomic mass is 9.77. The van der Waals surface area contributed by atoms with E-state index in [0.29, 0.717) is 23.7 Å². The first-order chi connectivity index (χ1) is 9.50. The van der Waals surface area contributed by atoms with Crippen molar-refractivity contribution in [3.8, 4) is 0 Å². The third-order valence-electron chi connectivity index (χ3n) is 4.25. The highest BCUT2D eigenvalue weighted by Crippen LogP contribution is 2.61. The fraction of sp³-hybridized carbons (Fsp3) is 1.00. The molecule has 0 amide bonds. The monoisotopic (exact) mass is 354 g/mol. The van der Waals surface area contributed by atoms with Gasteiger partial charge in [-0.15, -0.1) is 0 Å². The van der Waals surface area contributed by atoms with Crippen LogP contribution in [-0.4, -0.2) is 48.9 Å². The van der Waals surface area contributed by atoms with E-state index in [2.05, 4.69) is 41.9 Å². The van der Waals surface area contributed by atoms with Gasteiger partial charge in [0, 0.05) is 5.25 Å². The van der Waals surface area contributed by atoms with Crippen LogP contribution in [0.15, 0.2) is 0 Å². The van der Waals surface area contributed by atoms with Crippen LogP contribution in [-0.2, 0) is 16.3 Å². The van der Waals surface area contributed by atoms with Crippen LogP contribution >= 0.6 is 17.1 Å². The summed E-state index contributed by atoms with van der Waals surface area (Å²) >= 11 is 6.96. The molecule has 4 atom stereocenters. The number of quaternary nitrogens is 1. The van der Waals surface area contributed by atoms with Crippen LogP contribution in [0, 0.1) is 17.8 Å². The van der Waals surface area contributed by atoms with Crippen molar-refractivity contribution in [1.82, 2.24) is 0 Å². The Labute approximate surface area is 140 Å². The number of rotatable bonds is 7. The molecule has 1 N–H and O–H groups in total. The van der Waals surface area contributed by atoms with E-state index in [9.17, 15) is 4.89 Å². The molecule has 3 nitrogen and oxygen atoms in total. The Bertz CT molecular complexity index is 371. The third-order valence-corrected chi connectivity index (χ3v) is 8.85. The molecule has 1 saturated carbocycles. The Morgan fingerprint density at radius 3 is 2.48 bits per heavy atom. The fourth-order valence-corrected chi connectivity index (χ4v) is 7.98. The molecule has 1 fully saturated rings. The zero-order valence-corrected chi connectivity index (χ0v) is 16.9. The van der Waals surface area contributed by atoms with E-state index < -0.39 is 5.69 Å². The van der Waals surface area contributed by atoms with Gasteiger partial charge in [0.25, 0.3) is 0 Å². The summed E-state index contributed by atoms with van der Waals surface area (Å²) in [6, 6.07) is 0. The van der Waals surface area contributed by atoms with E-state index in [4.69, 9.17) is 16.3 Å². The molecule has 0 saturated heterocycles. The van der Waals surface area contributed by atoms with Crippen molar-refractivity contribution >= 4 is 28.9 Å². The molecular weight excluding hydrogens is 321 g/mol. The highest BCUT2D eigenvalue weighted by molar-refractivity contribution is 8.67. The van der Waals surface area contributed by atoms with E-state index in [1.165, 1.54) is 12.8 Å². The first kappa shape index (κ1) is 19.9. The average molecular weight is 355 g/mol. The molecule has 6 heteroatoms. The summed E-state index contributed by atoms with van der Waals surface area (Å²) in [4.78, 5) is 10.5. The zero-order valence-electron chi connectivity index (χ0n) is 14.4. The molecule has 0 bridgehead atoms. The van der Waals surface area contributed by atoms with Crippen LogP contribution in [0.4, 0.5) is 0 Å². The predicted molar refractivity (Wildman–Crippen MR) is 98.1 cm³/mol. The van der Waals surface area contributed by atoms with E-state index in [1.807, 2.05) is 0 Å². The largest absolute Gasteiger partial charge is 0.337 e. The summed E-state index contributed by atoms with van der Waals surface area (Å²) in [5.41, 5.74) is -2.71. The minimum absolute atomic E-state index is 0.453. The van der Waals surface area contributed by atoms with Crippen LogP contribution in [0.5, 0.6) is 0 Å². The molecule has 126 valence electrons. The van der Waals surface area contributed by atoms with Crippen molar-refractivity contribution in [3.05, 3.63) is 0 Å². The van der Waals surface area contributed by atoms with Crippen molar-refractivity contribution in [2.24, 2.45) is 17.8 Å². The second kappa shape index (κ2) is 8.12. The van der Waals surface area contributed by atoms with Gasteiger partial charge in [0.1, 0.15) is 13.2 Å². The quantitative estimate of drug-likeness (QED) is 0.550. The molecule has 21 heavy (non-hydrogen) atoms. The van der Waals surface area contributed by atoms with Crippen molar-refractivity contribution in [3.63, 3.8) is 0 Å². The zero-order chi connectivity index (χ0) is 16.3. The molecule has 1 rings (SSSR count). The molecule has 1 aliphatic carbocycles. The Hall–Kier alpha value is 0.880. The summed E-state index contributed by atoms with van der Waals surface area (Å²) in [7, 11) is 6.36. The molecular formula is C15H33NO2PS2+. The predicted octanol–water partition coefficient (Wildman–Crippen LogP) is 4.12. The van der Waals surface area contributed by atoms with Crippen molar-refractivity contribution in [2.75, 3.05) is 34.3 Å². The number of likely N-dealkylation sites (N-methyl/N-ethyl adjacent to an activating group) is 1. The Morgan fingerprint density at radius 1 is 1.33 bits per heavy atom. The van der Waals surface area contributed by atoms with Gasteiger partial charge in [-0.3, -0.25) is 0 Å². The SMILES string of the molecule is CC1CCC(C(C)C)C(SP(O)(=S)OCC[N+](C)(C)C)C1. The molecule has 0 spiro atoms. The first-order valence-corrected chi connectivity index (χ1v) is 12.1. The van der Waals surface area contributed by atoms with Crippen LogP contribution in [0.3, 0.4) is 0 Å². The number of hydrogen-bond donors (Lipinski definition) is 1. The lowest BCUT2D eigenvalue weighted by Crippen LogP contribution is -2.37. The average Bonchev–Trinajstić information content (AvgIpc) is 2.25. The number of nitrogens with zero attached hydrogens (tertiary/aromatic N) is 1. The first-order valence-electron chi connectivity index (χ1n) is 7.96. The van der Waals surface area contributed by atoms with Crippen molar-refractivity contribution < 1.29 is 13.9 Å². The lowest BCUT2D eigenvalue weighted by molar-refractivity contribution is -0.870. The minimum Gasteiger partial charge on any atom is -0.337 e. The molecule has 0 heterocycles. The van der Waals surface area contributed by atoms with Gasteiger partial charge in [0.15, 0.2) is 0 Å². The van der Waals surface area contributed by atoms with E-state index in [0.717, 1.165) is 23.4 Å². The van der Waals surface area contributed by atoms with Gasteiger partial charge in [-0.1, -0.05) is 38.6 Å². The van der Waals surface area contributed by atoms with Gasteiger partial charge >= 0.3 is 0 Å². The van der Waals surface area contributed by atoms with Gasteiger partial charge < -0.3 is 13.9 Å². The normalized spacial score (nSPS) is 30.4. The summed E-state index contributed by atoms with van der Waals surface area (Å²) in [6.07, 6.45) is 3.71. The second-order valence-electron chi connectivity index (χ2n) is 7.79. The van der Waals surface area contributed by atoms with Crippen molar-refractivity contribution in [1.29, 1.82) is 0 Å².